The van der Waals surface area contributed by atoms with Crippen molar-refractivity contribution >= 4 is 28.1 Å². The van der Waals surface area contributed by atoms with E-state index in [1.165, 1.54) is 31.4 Å². The number of urea groups is 1. The van der Waals surface area contributed by atoms with E-state index >= 15 is 0 Å². The Bertz CT molecular complexity index is 1010. The van der Waals surface area contributed by atoms with Crippen LogP contribution in [0.2, 0.25) is 0 Å². The summed E-state index contributed by atoms with van der Waals surface area (Å²) in [5.74, 6) is 0.127. The van der Waals surface area contributed by atoms with Crippen LogP contribution in [0.15, 0.2) is 35.2 Å². The summed E-state index contributed by atoms with van der Waals surface area (Å²) in [7, 11) is -2.82. The number of carbonyl (C=O) groups is 1. The van der Waals surface area contributed by atoms with Gasteiger partial charge in [-0.05, 0) is 18.6 Å². The molecule has 2 rings (SSSR count). The van der Waals surface area contributed by atoms with Crippen LogP contribution in [-0.4, -0.2) is 36.5 Å². The second-order valence-corrected chi connectivity index (χ2v) is 6.71. The predicted molar refractivity (Wildman–Crippen MR) is 96.2 cm³/mol. The zero-order chi connectivity index (χ0) is 19.9. The number of anilines is 1. The number of sulfonamides is 1. The molecule has 2 N–H and O–H groups in total. The summed E-state index contributed by atoms with van der Waals surface area (Å²) >= 11 is 0. The van der Waals surface area contributed by atoms with Gasteiger partial charge >= 0.3 is 12.0 Å². The predicted octanol–water partition coefficient (Wildman–Crippen LogP) is 1.63. The molecule has 0 bridgehead atoms. The second-order valence-electron chi connectivity index (χ2n) is 5.05. The smallest absolute Gasteiger partial charge is 0.335 e. The SMILES string of the molecule is COc1nc(C)nc(NC(=O)NS(=O)(=O)c2ccccc2C=CCC#N)n1. The highest BCUT2D eigenvalue weighted by atomic mass is 32.2. The minimum absolute atomic E-state index is 0.0198. The summed E-state index contributed by atoms with van der Waals surface area (Å²) in [6.45, 7) is 1.56. The Morgan fingerprint density at radius 1 is 1.30 bits per heavy atom. The number of rotatable bonds is 6. The lowest BCUT2D eigenvalue weighted by Crippen LogP contribution is -2.35. The molecule has 10 nitrogen and oxygen atoms in total. The Kier molecular flexibility index (Phi) is 6.40. The number of benzene rings is 1. The maximum absolute atomic E-state index is 12.5. The van der Waals surface area contributed by atoms with Gasteiger partial charge in [0.15, 0.2) is 0 Å². The van der Waals surface area contributed by atoms with Crippen molar-refractivity contribution in [1.29, 1.82) is 5.26 Å². The summed E-state index contributed by atoms with van der Waals surface area (Å²) < 4.78 is 31.8. The molecular formula is C16H16N6O4S. The lowest BCUT2D eigenvalue weighted by molar-refractivity contribution is 0.256. The number of allylic oxidation sites excluding steroid dienone is 1. The van der Waals surface area contributed by atoms with Crippen LogP contribution in [0.25, 0.3) is 6.08 Å². The van der Waals surface area contributed by atoms with Crippen LogP contribution in [0.3, 0.4) is 0 Å². The van der Waals surface area contributed by atoms with E-state index in [4.69, 9.17) is 10.00 Å². The van der Waals surface area contributed by atoms with E-state index in [0.29, 0.717) is 5.56 Å². The van der Waals surface area contributed by atoms with E-state index in [2.05, 4.69) is 20.3 Å². The van der Waals surface area contributed by atoms with Crippen molar-refractivity contribution in [3.8, 4) is 12.1 Å². The molecule has 2 amide bonds. The summed E-state index contributed by atoms with van der Waals surface area (Å²) in [5, 5.41) is 10.8. The van der Waals surface area contributed by atoms with Crippen molar-refractivity contribution in [2.75, 3.05) is 12.4 Å². The monoisotopic (exact) mass is 388 g/mol. The molecule has 11 heteroatoms. The van der Waals surface area contributed by atoms with E-state index in [-0.39, 0.29) is 29.1 Å². The molecule has 0 radical (unpaired) electrons. The van der Waals surface area contributed by atoms with Gasteiger partial charge in [0, 0.05) is 0 Å². The third-order valence-electron chi connectivity index (χ3n) is 3.08. The second kappa shape index (κ2) is 8.72. The lowest BCUT2D eigenvalue weighted by Gasteiger charge is -2.10. The first-order chi connectivity index (χ1) is 12.9. The number of amides is 2. The minimum atomic E-state index is -4.17. The van der Waals surface area contributed by atoms with Gasteiger partial charge in [-0.3, -0.25) is 5.32 Å². The Morgan fingerprint density at radius 2 is 2.04 bits per heavy atom. The molecule has 0 aliphatic carbocycles. The molecule has 1 aromatic heterocycles. The Labute approximate surface area is 156 Å². The summed E-state index contributed by atoms with van der Waals surface area (Å²) in [4.78, 5) is 23.5. The number of hydrogen-bond acceptors (Lipinski definition) is 8. The van der Waals surface area contributed by atoms with Gasteiger partial charge in [-0.1, -0.05) is 30.4 Å². The molecule has 2 aromatic rings. The molecule has 1 aromatic carbocycles. The topological polar surface area (TPSA) is 147 Å². The maximum atomic E-state index is 12.5. The van der Waals surface area contributed by atoms with Gasteiger partial charge in [-0.25, -0.2) is 17.9 Å². The van der Waals surface area contributed by atoms with E-state index in [1.807, 2.05) is 10.8 Å². The Hall–Kier alpha value is -3.52. The minimum Gasteiger partial charge on any atom is -0.467 e. The summed E-state index contributed by atoms with van der Waals surface area (Å²) in [6.07, 6.45) is 3.15. The van der Waals surface area contributed by atoms with Crippen LogP contribution in [0.1, 0.15) is 17.8 Å². The molecule has 1 heterocycles. The number of nitrogens with one attached hydrogen (secondary N) is 2. The first-order valence-corrected chi connectivity index (χ1v) is 9.07. The Morgan fingerprint density at radius 3 is 2.74 bits per heavy atom. The molecule has 0 aliphatic rings. The van der Waals surface area contributed by atoms with Gasteiger partial charge in [-0.15, -0.1) is 0 Å². The van der Waals surface area contributed by atoms with Crippen LogP contribution in [0.4, 0.5) is 10.7 Å². The number of hydrogen-bond donors (Lipinski definition) is 2. The fourth-order valence-corrected chi connectivity index (χ4v) is 3.12. The van der Waals surface area contributed by atoms with Crippen LogP contribution < -0.4 is 14.8 Å². The van der Waals surface area contributed by atoms with Crippen molar-refractivity contribution in [1.82, 2.24) is 19.7 Å². The van der Waals surface area contributed by atoms with Gasteiger partial charge in [-0.2, -0.15) is 20.2 Å². The van der Waals surface area contributed by atoms with E-state index in [1.54, 1.807) is 19.1 Å². The standard InChI is InChI=1S/C16H16N6O4S/c1-11-18-14(21-16(19-11)26-2)20-15(23)22-27(24,25)13-9-4-3-7-12(13)8-5-6-10-17/h3-5,7-9H,6H2,1-2H3,(H2,18,19,20,21,22,23). The number of nitriles is 1. The highest BCUT2D eigenvalue weighted by molar-refractivity contribution is 7.90. The maximum Gasteiger partial charge on any atom is 0.335 e. The highest BCUT2D eigenvalue weighted by Gasteiger charge is 2.21. The molecule has 27 heavy (non-hydrogen) atoms. The Balaban J connectivity index is 2.20. The molecule has 140 valence electrons. The van der Waals surface area contributed by atoms with Gasteiger partial charge < -0.3 is 4.74 Å². The number of aryl methyl sites for hydroxylation is 1. The molecular weight excluding hydrogens is 372 g/mol. The third kappa shape index (κ3) is 5.48. The quantitative estimate of drug-likeness (QED) is 0.759. The molecule has 0 fully saturated rings. The van der Waals surface area contributed by atoms with E-state index in [0.717, 1.165) is 0 Å². The van der Waals surface area contributed by atoms with Crippen molar-refractivity contribution in [3.63, 3.8) is 0 Å². The van der Waals surface area contributed by atoms with E-state index in [9.17, 15) is 13.2 Å². The van der Waals surface area contributed by atoms with E-state index < -0.39 is 16.1 Å². The molecule has 0 saturated heterocycles. The van der Waals surface area contributed by atoms with Crippen molar-refractivity contribution in [3.05, 3.63) is 41.7 Å². The van der Waals surface area contributed by atoms with Gasteiger partial charge in [0.1, 0.15) is 5.82 Å². The lowest BCUT2D eigenvalue weighted by atomic mass is 10.2. The molecule has 0 aliphatic heterocycles. The van der Waals surface area contributed by atoms with Crippen LogP contribution in [-0.2, 0) is 10.0 Å². The number of aromatic nitrogens is 3. The third-order valence-corrected chi connectivity index (χ3v) is 4.48. The first-order valence-electron chi connectivity index (χ1n) is 7.58. The zero-order valence-corrected chi connectivity index (χ0v) is 15.3. The number of methoxy groups -OCH3 is 1. The van der Waals surface area contributed by atoms with Gasteiger partial charge in [0.2, 0.25) is 5.95 Å². The number of nitrogens with zero attached hydrogens (tertiary/aromatic N) is 4. The van der Waals surface area contributed by atoms with Gasteiger partial charge in [0.05, 0.1) is 24.5 Å². The number of carbonyl (C=O) groups excluding carboxylic acids is 1. The molecule has 0 saturated carbocycles. The van der Waals surface area contributed by atoms with Crippen molar-refractivity contribution < 1.29 is 17.9 Å². The molecule has 0 spiro atoms. The number of ether oxygens (including phenoxy) is 1. The first kappa shape index (κ1) is 19.8. The van der Waals surface area contributed by atoms with Crippen molar-refractivity contribution in [2.45, 2.75) is 18.2 Å². The van der Waals surface area contributed by atoms with Crippen LogP contribution in [0, 0.1) is 18.3 Å². The van der Waals surface area contributed by atoms with Crippen LogP contribution >= 0.6 is 0 Å². The van der Waals surface area contributed by atoms with Gasteiger partial charge in [0.25, 0.3) is 10.0 Å². The highest BCUT2D eigenvalue weighted by Crippen LogP contribution is 2.17. The summed E-state index contributed by atoms with van der Waals surface area (Å²) in [6, 6.07) is 6.93. The largest absolute Gasteiger partial charge is 0.467 e. The normalized spacial score (nSPS) is 11.0. The zero-order valence-electron chi connectivity index (χ0n) is 14.5. The fourth-order valence-electron chi connectivity index (χ4n) is 2.01. The average Bonchev–Trinajstić information content (AvgIpc) is 2.61. The average molecular weight is 388 g/mol. The van der Waals surface area contributed by atoms with Crippen molar-refractivity contribution in [2.24, 2.45) is 0 Å². The fraction of sp³-hybridized carbons (Fsp3) is 0.188. The summed E-state index contributed by atoms with van der Waals surface area (Å²) in [5.41, 5.74) is 0.339. The molecule has 0 atom stereocenters. The van der Waals surface area contributed by atoms with Crippen LogP contribution in [0.5, 0.6) is 6.01 Å². The molecule has 0 unspecified atom stereocenters.